The van der Waals surface area contributed by atoms with E-state index in [-0.39, 0.29) is 18.0 Å². The number of likely N-dealkylation sites (N-methyl/N-ethyl adjacent to an activating group) is 1. The number of benzene rings is 1. The molecule has 0 fully saturated rings. The topological polar surface area (TPSA) is 41.6 Å². The van der Waals surface area contributed by atoms with Gasteiger partial charge in [-0.15, -0.1) is 0 Å². The number of amides is 1. The minimum Gasteiger partial charge on any atom is -0.493 e. The zero-order chi connectivity index (χ0) is 15.4. The number of halogens is 1. The fourth-order valence-electron chi connectivity index (χ4n) is 2.72. The van der Waals surface area contributed by atoms with E-state index in [0.717, 1.165) is 35.3 Å². The molecule has 116 valence electrons. The fourth-order valence-corrected chi connectivity index (χ4v) is 3.10. The van der Waals surface area contributed by atoms with Crippen LogP contribution in [0.1, 0.15) is 38.8 Å². The summed E-state index contributed by atoms with van der Waals surface area (Å²) in [5, 5.41) is 3.46. The Kier molecular flexibility index (Phi) is 5.65. The lowest BCUT2D eigenvalue weighted by molar-refractivity contribution is -0.132. The third kappa shape index (κ3) is 3.77. The second-order valence-electron chi connectivity index (χ2n) is 5.27. The highest BCUT2D eigenvalue weighted by atomic mass is 79.9. The Balaban J connectivity index is 2.11. The van der Waals surface area contributed by atoms with Gasteiger partial charge >= 0.3 is 0 Å². The van der Waals surface area contributed by atoms with Crippen LogP contribution in [0, 0.1) is 0 Å². The first-order valence-electron chi connectivity index (χ1n) is 7.53. The summed E-state index contributed by atoms with van der Waals surface area (Å²) in [6.07, 6.45) is 0.874. The van der Waals surface area contributed by atoms with Gasteiger partial charge in [-0.3, -0.25) is 10.1 Å². The van der Waals surface area contributed by atoms with Gasteiger partial charge in [-0.05, 0) is 39.0 Å². The van der Waals surface area contributed by atoms with Crippen LogP contribution in [-0.2, 0) is 4.79 Å². The van der Waals surface area contributed by atoms with Crippen molar-refractivity contribution in [1.82, 2.24) is 10.2 Å². The molecule has 0 aromatic heterocycles. The van der Waals surface area contributed by atoms with Crippen molar-refractivity contribution in [2.45, 2.75) is 39.3 Å². The maximum atomic E-state index is 12.4. The van der Waals surface area contributed by atoms with Gasteiger partial charge in [-0.25, -0.2) is 0 Å². The van der Waals surface area contributed by atoms with Crippen molar-refractivity contribution in [3.8, 4) is 5.75 Å². The van der Waals surface area contributed by atoms with Crippen molar-refractivity contribution in [3.05, 3.63) is 28.2 Å². The van der Waals surface area contributed by atoms with Crippen molar-refractivity contribution in [1.29, 1.82) is 0 Å². The van der Waals surface area contributed by atoms with E-state index in [1.165, 1.54) is 0 Å². The molecule has 1 aliphatic heterocycles. The number of ether oxygens (including phenoxy) is 1. The molecule has 5 heteroatoms. The van der Waals surface area contributed by atoms with Gasteiger partial charge in [0.05, 0.1) is 12.6 Å². The summed E-state index contributed by atoms with van der Waals surface area (Å²) >= 11 is 3.50. The molecular formula is C16H23BrN2O2. The molecule has 1 aromatic carbocycles. The fraction of sp³-hybridized carbons (Fsp3) is 0.562. The number of hydrogen-bond acceptors (Lipinski definition) is 3. The molecule has 0 spiro atoms. The van der Waals surface area contributed by atoms with Crippen LogP contribution in [0.3, 0.4) is 0 Å². The van der Waals surface area contributed by atoms with E-state index in [9.17, 15) is 4.79 Å². The molecule has 2 rings (SSSR count). The van der Waals surface area contributed by atoms with E-state index < -0.39 is 0 Å². The van der Waals surface area contributed by atoms with Crippen LogP contribution in [-0.4, -0.2) is 36.5 Å². The van der Waals surface area contributed by atoms with Crippen molar-refractivity contribution in [3.63, 3.8) is 0 Å². The number of rotatable bonds is 5. The smallest absolute Gasteiger partial charge is 0.239 e. The minimum absolute atomic E-state index is 0.153. The van der Waals surface area contributed by atoms with Crippen LogP contribution in [0.5, 0.6) is 5.75 Å². The first-order valence-corrected chi connectivity index (χ1v) is 8.33. The predicted octanol–water partition coefficient (Wildman–Crippen LogP) is 3.12. The maximum Gasteiger partial charge on any atom is 0.239 e. The molecular weight excluding hydrogens is 332 g/mol. The first-order chi connectivity index (χ1) is 10.1. The lowest BCUT2D eigenvalue weighted by Crippen LogP contribution is -2.46. The van der Waals surface area contributed by atoms with Crippen LogP contribution in [0.2, 0.25) is 0 Å². The molecule has 0 radical (unpaired) electrons. The average Bonchev–Trinajstić information content (AvgIpc) is 2.49. The van der Waals surface area contributed by atoms with E-state index in [1.807, 2.05) is 37.8 Å². The zero-order valence-corrected chi connectivity index (χ0v) is 14.4. The SMILES string of the molecule is CCN(CC)C(=O)C(C)NC1CCOc2ccc(Br)cc21. The molecule has 0 saturated heterocycles. The van der Waals surface area contributed by atoms with Gasteiger partial charge in [-0.2, -0.15) is 0 Å². The van der Waals surface area contributed by atoms with Gasteiger partial charge in [0, 0.05) is 35.6 Å². The Morgan fingerprint density at radius 1 is 1.48 bits per heavy atom. The summed E-state index contributed by atoms with van der Waals surface area (Å²) in [6, 6.07) is 5.98. The molecule has 2 atom stereocenters. The molecule has 0 aliphatic carbocycles. The zero-order valence-electron chi connectivity index (χ0n) is 12.9. The number of fused-ring (bicyclic) bond motifs is 1. The summed E-state index contributed by atoms with van der Waals surface area (Å²) in [7, 11) is 0. The maximum absolute atomic E-state index is 12.4. The molecule has 0 bridgehead atoms. The van der Waals surface area contributed by atoms with Gasteiger partial charge in [0.25, 0.3) is 0 Å². The quantitative estimate of drug-likeness (QED) is 0.883. The summed E-state index contributed by atoms with van der Waals surface area (Å²) in [5.41, 5.74) is 1.12. The molecule has 4 nitrogen and oxygen atoms in total. The van der Waals surface area contributed by atoms with Gasteiger partial charge < -0.3 is 9.64 Å². The summed E-state index contributed by atoms with van der Waals surface area (Å²) < 4.78 is 6.71. The highest BCUT2D eigenvalue weighted by Crippen LogP contribution is 2.34. The third-order valence-corrected chi connectivity index (χ3v) is 4.40. The number of nitrogens with one attached hydrogen (secondary N) is 1. The molecule has 0 saturated carbocycles. The Morgan fingerprint density at radius 3 is 2.86 bits per heavy atom. The number of nitrogens with zero attached hydrogens (tertiary/aromatic N) is 1. The Morgan fingerprint density at radius 2 is 2.19 bits per heavy atom. The normalized spacial score (nSPS) is 18.6. The largest absolute Gasteiger partial charge is 0.493 e. The van der Waals surface area contributed by atoms with E-state index in [0.29, 0.717) is 6.61 Å². The van der Waals surface area contributed by atoms with Gasteiger partial charge in [0.15, 0.2) is 0 Å². The van der Waals surface area contributed by atoms with Gasteiger partial charge in [0.2, 0.25) is 5.91 Å². The van der Waals surface area contributed by atoms with Crippen molar-refractivity contribution in [2.75, 3.05) is 19.7 Å². The van der Waals surface area contributed by atoms with E-state index >= 15 is 0 Å². The second kappa shape index (κ2) is 7.27. The van der Waals surface area contributed by atoms with Crippen LogP contribution in [0.25, 0.3) is 0 Å². The van der Waals surface area contributed by atoms with E-state index in [1.54, 1.807) is 0 Å². The van der Waals surface area contributed by atoms with Crippen LogP contribution in [0.4, 0.5) is 0 Å². The molecule has 2 unspecified atom stereocenters. The highest BCUT2D eigenvalue weighted by Gasteiger charge is 2.26. The lowest BCUT2D eigenvalue weighted by Gasteiger charge is -2.31. The van der Waals surface area contributed by atoms with Crippen LogP contribution >= 0.6 is 15.9 Å². The van der Waals surface area contributed by atoms with Crippen molar-refractivity contribution < 1.29 is 9.53 Å². The molecule has 1 heterocycles. The average molecular weight is 355 g/mol. The monoisotopic (exact) mass is 354 g/mol. The van der Waals surface area contributed by atoms with Crippen LogP contribution < -0.4 is 10.1 Å². The molecule has 1 N–H and O–H groups in total. The van der Waals surface area contributed by atoms with E-state index in [4.69, 9.17) is 4.74 Å². The standard InChI is InChI=1S/C16H23BrN2O2/c1-4-19(5-2)16(20)11(3)18-14-8-9-21-15-7-6-12(17)10-13(14)15/h6-7,10-11,14,18H,4-5,8-9H2,1-3H3. The van der Waals surface area contributed by atoms with Gasteiger partial charge in [0.1, 0.15) is 5.75 Å². The predicted molar refractivity (Wildman–Crippen MR) is 87.5 cm³/mol. The first kappa shape index (κ1) is 16.3. The van der Waals surface area contributed by atoms with Crippen molar-refractivity contribution in [2.24, 2.45) is 0 Å². The lowest BCUT2D eigenvalue weighted by atomic mass is 9.99. The van der Waals surface area contributed by atoms with Crippen molar-refractivity contribution >= 4 is 21.8 Å². The Hall–Kier alpha value is -1.07. The molecule has 1 aromatic rings. The third-order valence-electron chi connectivity index (χ3n) is 3.91. The Bertz CT molecular complexity index is 503. The Labute approximate surface area is 135 Å². The van der Waals surface area contributed by atoms with Gasteiger partial charge in [-0.1, -0.05) is 15.9 Å². The number of carbonyl (C=O) groups is 1. The number of hydrogen-bond donors (Lipinski definition) is 1. The highest BCUT2D eigenvalue weighted by molar-refractivity contribution is 9.10. The minimum atomic E-state index is -0.195. The number of carbonyl (C=O) groups excluding carboxylic acids is 1. The second-order valence-corrected chi connectivity index (χ2v) is 6.19. The molecule has 1 aliphatic rings. The molecule has 1 amide bonds. The molecule has 21 heavy (non-hydrogen) atoms. The summed E-state index contributed by atoms with van der Waals surface area (Å²) in [6.45, 7) is 8.13. The summed E-state index contributed by atoms with van der Waals surface area (Å²) in [5.74, 6) is 1.06. The van der Waals surface area contributed by atoms with Crippen LogP contribution in [0.15, 0.2) is 22.7 Å². The summed E-state index contributed by atoms with van der Waals surface area (Å²) in [4.78, 5) is 14.2. The van der Waals surface area contributed by atoms with E-state index in [2.05, 4.69) is 27.3 Å².